The SMILES string of the molecule is C[N@@+]1(CCCS(=O)c2cc(F)cc(F)c2)CCC(C(C(N)=O)(c2ccccc2)c2ccccc2)C1. The Morgan fingerprint density at radius 3 is 2.06 bits per heavy atom. The van der Waals surface area contributed by atoms with Crippen LogP contribution in [0, 0.1) is 17.6 Å². The minimum atomic E-state index is -1.48. The number of primary amides is 1. The summed E-state index contributed by atoms with van der Waals surface area (Å²) in [6, 6.07) is 22.5. The Balaban J connectivity index is 1.53. The number of carbonyl (C=O) groups is 1. The van der Waals surface area contributed by atoms with Gasteiger partial charge in [0.15, 0.2) is 0 Å². The molecule has 1 aliphatic rings. The minimum Gasteiger partial charge on any atom is -0.369 e. The van der Waals surface area contributed by atoms with Crippen LogP contribution in [-0.4, -0.2) is 47.0 Å². The number of benzene rings is 3. The first-order chi connectivity index (χ1) is 16.7. The number of carbonyl (C=O) groups excluding carboxylic acids is 1. The van der Waals surface area contributed by atoms with Crippen LogP contribution in [0.4, 0.5) is 8.78 Å². The summed E-state index contributed by atoms with van der Waals surface area (Å²) in [5.41, 5.74) is 7.03. The van der Waals surface area contributed by atoms with Gasteiger partial charge in [-0.25, -0.2) is 8.78 Å². The normalized spacial score (nSPS) is 21.1. The molecule has 3 atom stereocenters. The fraction of sp³-hybridized carbons (Fsp3) is 0.321. The monoisotopic (exact) mass is 497 g/mol. The van der Waals surface area contributed by atoms with Gasteiger partial charge in [-0.15, -0.1) is 0 Å². The summed E-state index contributed by atoms with van der Waals surface area (Å²) in [6.45, 7) is 2.35. The summed E-state index contributed by atoms with van der Waals surface area (Å²) in [5.74, 6) is -1.49. The number of halogens is 2. The number of hydrogen-bond acceptors (Lipinski definition) is 2. The Kier molecular flexibility index (Phi) is 7.47. The molecule has 0 aromatic heterocycles. The Bertz CT molecular complexity index is 1150. The smallest absolute Gasteiger partial charge is 0.233 e. The van der Waals surface area contributed by atoms with Crippen molar-refractivity contribution in [3.8, 4) is 0 Å². The molecule has 1 amide bonds. The summed E-state index contributed by atoms with van der Waals surface area (Å²) >= 11 is 0. The second-order valence-electron chi connectivity index (χ2n) is 9.65. The molecule has 2 unspecified atom stereocenters. The quantitative estimate of drug-likeness (QED) is 0.446. The van der Waals surface area contributed by atoms with Crippen molar-refractivity contribution in [2.24, 2.45) is 11.7 Å². The molecule has 0 spiro atoms. The molecule has 2 N–H and O–H groups in total. The van der Waals surface area contributed by atoms with Crippen LogP contribution < -0.4 is 5.73 Å². The van der Waals surface area contributed by atoms with Crippen molar-refractivity contribution in [1.82, 2.24) is 0 Å². The molecule has 3 aromatic carbocycles. The lowest BCUT2D eigenvalue weighted by Crippen LogP contribution is -2.51. The fourth-order valence-corrected chi connectivity index (χ4v) is 6.73. The number of hydrogen-bond donors (Lipinski definition) is 1. The highest BCUT2D eigenvalue weighted by molar-refractivity contribution is 7.85. The van der Waals surface area contributed by atoms with E-state index in [4.69, 9.17) is 5.73 Å². The van der Waals surface area contributed by atoms with E-state index in [9.17, 15) is 17.8 Å². The molecular weight excluding hydrogens is 466 g/mol. The molecular formula is C28H31F2N2O2S+. The predicted octanol–water partition coefficient (Wildman–Crippen LogP) is 4.40. The average molecular weight is 498 g/mol. The summed E-state index contributed by atoms with van der Waals surface area (Å²) in [4.78, 5) is 13.4. The highest BCUT2D eigenvalue weighted by Crippen LogP contribution is 2.45. The van der Waals surface area contributed by atoms with Gasteiger partial charge in [0.2, 0.25) is 5.91 Å². The van der Waals surface area contributed by atoms with Crippen LogP contribution >= 0.6 is 0 Å². The van der Waals surface area contributed by atoms with Crippen LogP contribution in [0.5, 0.6) is 0 Å². The van der Waals surface area contributed by atoms with Gasteiger partial charge in [0, 0.05) is 35.5 Å². The Morgan fingerprint density at radius 2 is 1.54 bits per heavy atom. The third-order valence-electron chi connectivity index (χ3n) is 7.26. The maximum atomic E-state index is 13.5. The lowest BCUT2D eigenvalue weighted by atomic mass is 9.64. The van der Waals surface area contributed by atoms with Crippen molar-refractivity contribution in [2.75, 3.05) is 32.4 Å². The van der Waals surface area contributed by atoms with Crippen molar-refractivity contribution in [2.45, 2.75) is 23.2 Å². The largest absolute Gasteiger partial charge is 0.369 e. The molecule has 1 aliphatic heterocycles. The van der Waals surface area contributed by atoms with Gasteiger partial charge in [-0.05, 0) is 23.3 Å². The molecule has 184 valence electrons. The lowest BCUT2D eigenvalue weighted by Gasteiger charge is -2.38. The van der Waals surface area contributed by atoms with E-state index in [1.165, 1.54) is 0 Å². The second kappa shape index (κ2) is 10.4. The fourth-order valence-electron chi connectivity index (χ4n) is 5.62. The van der Waals surface area contributed by atoms with Gasteiger partial charge in [-0.3, -0.25) is 9.00 Å². The highest BCUT2D eigenvalue weighted by atomic mass is 32.2. The number of amides is 1. The van der Waals surface area contributed by atoms with Crippen LogP contribution in [0.25, 0.3) is 0 Å². The van der Waals surface area contributed by atoms with E-state index in [1.54, 1.807) is 0 Å². The zero-order chi connectivity index (χ0) is 25.1. The molecule has 4 rings (SSSR count). The van der Waals surface area contributed by atoms with E-state index < -0.39 is 27.8 Å². The van der Waals surface area contributed by atoms with Gasteiger partial charge < -0.3 is 10.2 Å². The Morgan fingerprint density at radius 1 is 1.00 bits per heavy atom. The van der Waals surface area contributed by atoms with Crippen LogP contribution in [-0.2, 0) is 21.0 Å². The van der Waals surface area contributed by atoms with Crippen LogP contribution in [0.15, 0.2) is 83.8 Å². The molecule has 1 heterocycles. The number of likely N-dealkylation sites (tertiary alicyclic amines) is 1. The number of nitrogens with two attached hydrogens (primary N) is 1. The molecule has 35 heavy (non-hydrogen) atoms. The van der Waals surface area contributed by atoms with Gasteiger partial charge >= 0.3 is 0 Å². The van der Waals surface area contributed by atoms with E-state index in [0.717, 1.165) is 55.4 Å². The van der Waals surface area contributed by atoms with Crippen molar-refractivity contribution < 1.29 is 22.3 Å². The minimum absolute atomic E-state index is 0.00221. The maximum Gasteiger partial charge on any atom is 0.233 e. The third-order valence-corrected chi connectivity index (χ3v) is 8.69. The van der Waals surface area contributed by atoms with Gasteiger partial charge in [-0.1, -0.05) is 60.7 Å². The second-order valence-corrected chi connectivity index (χ2v) is 11.2. The van der Waals surface area contributed by atoms with Crippen LogP contribution in [0.3, 0.4) is 0 Å². The number of quaternary nitrogens is 1. The highest BCUT2D eigenvalue weighted by Gasteiger charge is 2.53. The van der Waals surface area contributed by atoms with Crippen LogP contribution in [0.2, 0.25) is 0 Å². The van der Waals surface area contributed by atoms with Gasteiger partial charge in [-0.2, -0.15) is 0 Å². The van der Waals surface area contributed by atoms with Crippen molar-refractivity contribution in [3.63, 3.8) is 0 Å². The first-order valence-corrected chi connectivity index (χ1v) is 13.2. The Labute approximate surface area is 207 Å². The van der Waals surface area contributed by atoms with Gasteiger partial charge in [0.25, 0.3) is 0 Å². The Hall–Kier alpha value is -2.90. The average Bonchev–Trinajstić information content (AvgIpc) is 3.22. The summed E-state index contributed by atoms with van der Waals surface area (Å²) in [7, 11) is 0.666. The molecule has 3 aromatic rings. The molecule has 0 bridgehead atoms. The standard InChI is InChI=1S/C28H30F2N2O2S/c1-32(14-8-16-35(34)26-18-24(29)17-25(30)19-26)15-13-23(20-32)28(27(31)33,21-9-4-2-5-10-21)22-11-6-3-7-12-22/h2-7,9-12,17-19,23H,8,13-16,20H2,1H3,(H-,31,33)/p+1/t23?,32-,35?/m1/s1. The topological polar surface area (TPSA) is 60.2 Å². The van der Waals surface area contributed by atoms with Crippen molar-refractivity contribution in [1.29, 1.82) is 0 Å². The first-order valence-electron chi connectivity index (χ1n) is 11.8. The molecule has 1 fully saturated rings. The zero-order valence-corrected chi connectivity index (χ0v) is 20.6. The lowest BCUT2D eigenvalue weighted by molar-refractivity contribution is -0.899. The molecule has 4 nitrogen and oxygen atoms in total. The summed E-state index contributed by atoms with van der Waals surface area (Å²) < 4.78 is 40.3. The van der Waals surface area contributed by atoms with Crippen LogP contribution in [0.1, 0.15) is 24.0 Å². The summed E-state index contributed by atoms with van der Waals surface area (Å²) in [6.07, 6.45) is 1.45. The predicted molar refractivity (Wildman–Crippen MR) is 134 cm³/mol. The van der Waals surface area contributed by atoms with E-state index in [1.807, 2.05) is 60.7 Å². The van der Waals surface area contributed by atoms with Crippen molar-refractivity contribution in [3.05, 3.63) is 102 Å². The van der Waals surface area contributed by atoms with E-state index in [-0.39, 0.29) is 16.7 Å². The third kappa shape index (κ3) is 5.21. The molecule has 1 saturated heterocycles. The first kappa shape index (κ1) is 25.2. The van der Waals surface area contributed by atoms with E-state index in [0.29, 0.717) is 16.7 Å². The number of rotatable bonds is 9. The zero-order valence-electron chi connectivity index (χ0n) is 19.8. The maximum absolute atomic E-state index is 13.5. The van der Waals surface area contributed by atoms with E-state index in [2.05, 4.69) is 7.05 Å². The number of nitrogens with zero attached hydrogens (tertiary/aromatic N) is 1. The molecule has 0 aliphatic carbocycles. The molecule has 7 heteroatoms. The molecule has 0 saturated carbocycles. The van der Waals surface area contributed by atoms with Gasteiger partial charge in [0.1, 0.15) is 17.0 Å². The molecule has 0 radical (unpaired) electrons. The van der Waals surface area contributed by atoms with Gasteiger partial charge in [0.05, 0.1) is 37.5 Å². The van der Waals surface area contributed by atoms with Crippen molar-refractivity contribution >= 4 is 16.7 Å². The van der Waals surface area contributed by atoms with E-state index >= 15 is 0 Å². The summed E-state index contributed by atoms with van der Waals surface area (Å²) in [5, 5.41) is 0.